The van der Waals surface area contributed by atoms with Gasteiger partial charge in [0.25, 0.3) is 0 Å². The van der Waals surface area contributed by atoms with Crippen molar-refractivity contribution in [3.63, 3.8) is 0 Å². The SMILES string of the molecule is CN(C)C(On1nnc2ccc(Cl)cc21)=[N+](C)C.F[B-](F)(F)F.F[B-](F)(F)F.F[B-](F)(F)F. The van der Waals surface area contributed by atoms with Crippen molar-refractivity contribution in [3.05, 3.63) is 23.2 Å². The Hall–Kier alpha value is -2.47. The van der Waals surface area contributed by atoms with Crippen LogP contribution in [0.1, 0.15) is 0 Å². The normalized spacial score (nSPS) is 11.2. The summed E-state index contributed by atoms with van der Waals surface area (Å²) in [5.41, 5.74) is 1.46. The molecule has 0 saturated carbocycles. The first-order valence-corrected chi connectivity index (χ1v) is 8.39. The monoisotopic (exact) mass is 529 g/mol. The molecule has 0 atom stereocenters. The van der Waals surface area contributed by atoms with Crippen molar-refractivity contribution in [3.8, 4) is 0 Å². The lowest BCUT2D eigenvalue weighted by molar-refractivity contribution is -0.480. The average molecular weight is 529 g/mol. The van der Waals surface area contributed by atoms with E-state index in [4.69, 9.17) is 16.4 Å². The maximum Gasteiger partial charge on any atom is 0.673 e. The van der Waals surface area contributed by atoms with E-state index in [0.717, 1.165) is 11.0 Å². The minimum atomic E-state index is -6.00. The van der Waals surface area contributed by atoms with Gasteiger partial charge in [-0.25, -0.2) is 9.48 Å². The zero-order valence-electron chi connectivity index (χ0n) is 17.0. The quantitative estimate of drug-likeness (QED) is 0.178. The fourth-order valence-electron chi connectivity index (χ4n) is 1.58. The number of nitrogens with zero attached hydrogens (tertiary/aromatic N) is 5. The highest BCUT2D eigenvalue weighted by Crippen LogP contribution is 2.16. The van der Waals surface area contributed by atoms with Gasteiger partial charge >= 0.3 is 27.8 Å². The molecule has 2 rings (SSSR count). The number of benzene rings is 1. The van der Waals surface area contributed by atoms with Gasteiger partial charge in [0, 0.05) is 5.02 Å². The van der Waals surface area contributed by atoms with Crippen LogP contribution in [0, 0.1) is 0 Å². The smallest absolute Gasteiger partial charge is 0.418 e. The summed E-state index contributed by atoms with van der Waals surface area (Å²) in [5, 5.41) is 8.58. The molecule has 0 unspecified atom stereocenters. The largest absolute Gasteiger partial charge is 0.673 e. The van der Waals surface area contributed by atoms with Crippen LogP contribution in [-0.4, -0.2) is 80.6 Å². The van der Waals surface area contributed by atoms with Gasteiger partial charge in [-0.3, -0.25) is 4.84 Å². The van der Waals surface area contributed by atoms with E-state index in [1.54, 1.807) is 18.2 Å². The minimum absolute atomic E-state index is 0.617. The van der Waals surface area contributed by atoms with Crippen molar-refractivity contribution >= 4 is 50.4 Å². The Labute approximate surface area is 184 Å². The summed E-state index contributed by atoms with van der Waals surface area (Å²) >= 11 is 5.96. The number of rotatable bonds is 1. The molecule has 0 amide bonds. The van der Waals surface area contributed by atoms with Gasteiger partial charge in [-0.15, -0.1) is 5.10 Å². The fraction of sp³-hybridized carbons (Fsp3) is 0.364. The lowest BCUT2D eigenvalue weighted by Gasteiger charge is -2.10. The lowest BCUT2D eigenvalue weighted by atomic mass is 10.3. The Kier molecular flexibility index (Phi) is 13.2. The molecule has 0 radical (unpaired) electrons. The summed E-state index contributed by atoms with van der Waals surface area (Å²) in [7, 11) is -10.4. The van der Waals surface area contributed by atoms with Gasteiger partial charge in [0.05, 0.1) is 28.2 Å². The van der Waals surface area contributed by atoms with Gasteiger partial charge < -0.3 is 51.8 Å². The van der Waals surface area contributed by atoms with Crippen molar-refractivity contribution in [2.24, 2.45) is 0 Å². The summed E-state index contributed by atoms with van der Waals surface area (Å²) < 4.78 is 119. The molecule has 22 heteroatoms. The van der Waals surface area contributed by atoms with Crippen LogP contribution in [0.4, 0.5) is 51.8 Å². The third kappa shape index (κ3) is 22.5. The molecule has 1 aromatic heterocycles. The molecule has 2 aromatic rings. The summed E-state index contributed by atoms with van der Waals surface area (Å²) in [6.45, 7) is 0. The predicted molar refractivity (Wildman–Crippen MR) is 100 cm³/mol. The second-order valence-corrected chi connectivity index (χ2v) is 6.18. The summed E-state index contributed by atoms with van der Waals surface area (Å²) in [4.78, 5) is 8.90. The van der Waals surface area contributed by atoms with E-state index in [-0.39, 0.29) is 0 Å². The van der Waals surface area contributed by atoms with Crippen molar-refractivity contribution in [1.29, 1.82) is 0 Å². The molecule has 33 heavy (non-hydrogen) atoms. The van der Waals surface area contributed by atoms with Crippen LogP contribution in [0.5, 0.6) is 0 Å². The summed E-state index contributed by atoms with van der Waals surface area (Å²) in [6, 6.07) is 5.97. The van der Waals surface area contributed by atoms with Crippen LogP contribution < -0.4 is 4.84 Å². The Balaban J connectivity index is 0. The van der Waals surface area contributed by atoms with E-state index in [0.29, 0.717) is 11.0 Å². The first-order chi connectivity index (χ1) is 14.5. The lowest BCUT2D eigenvalue weighted by Crippen LogP contribution is -2.39. The first-order valence-electron chi connectivity index (χ1n) is 8.02. The Morgan fingerprint density at radius 2 is 1.27 bits per heavy atom. The van der Waals surface area contributed by atoms with Crippen molar-refractivity contribution in [2.75, 3.05) is 28.2 Å². The molecule has 0 bridgehead atoms. The highest BCUT2D eigenvalue weighted by atomic mass is 35.5. The van der Waals surface area contributed by atoms with Crippen molar-refractivity contribution in [1.82, 2.24) is 20.1 Å². The van der Waals surface area contributed by atoms with Crippen LogP contribution in [-0.2, 0) is 0 Å². The van der Waals surface area contributed by atoms with Crippen molar-refractivity contribution < 1.29 is 61.2 Å². The second-order valence-electron chi connectivity index (χ2n) is 5.74. The van der Waals surface area contributed by atoms with E-state index in [9.17, 15) is 51.8 Å². The van der Waals surface area contributed by atoms with Crippen LogP contribution >= 0.6 is 11.6 Å². The molecule has 0 aliphatic heterocycles. The Morgan fingerprint density at radius 3 is 1.61 bits per heavy atom. The Bertz CT molecular complexity index is 836. The highest BCUT2D eigenvalue weighted by molar-refractivity contribution is 6.50. The summed E-state index contributed by atoms with van der Waals surface area (Å²) in [6.07, 6.45) is 0. The van der Waals surface area contributed by atoms with E-state index in [1.165, 1.54) is 4.85 Å². The van der Waals surface area contributed by atoms with E-state index >= 15 is 0 Å². The molecule has 1 heterocycles. The van der Waals surface area contributed by atoms with E-state index in [1.807, 2.05) is 37.7 Å². The average Bonchev–Trinajstić information content (AvgIpc) is 2.89. The maximum atomic E-state index is 9.75. The number of halogens is 13. The molecule has 192 valence electrons. The van der Waals surface area contributed by atoms with E-state index < -0.39 is 21.8 Å². The number of hydrogen-bond donors (Lipinski definition) is 0. The van der Waals surface area contributed by atoms with Crippen molar-refractivity contribution in [2.45, 2.75) is 0 Å². The topological polar surface area (TPSA) is 46.2 Å². The van der Waals surface area contributed by atoms with E-state index in [2.05, 4.69) is 10.3 Å². The zero-order valence-corrected chi connectivity index (χ0v) is 17.8. The molecule has 1 aromatic carbocycles. The molecule has 0 aliphatic carbocycles. The predicted octanol–water partition coefficient (Wildman–Crippen LogP) is 4.60. The second kappa shape index (κ2) is 13.3. The molecular formula is C11H15B3ClF12N5O-2. The maximum absolute atomic E-state index is 9.75. The molecule has 0 aliphatic rings. The standard InChI is InChI=1S/C11H15ClN5O.3BF4/c1-15(2)11(16(3)4)18-17-10-7-8(12)5-6-9(10)13-14-17;3*2-1(3,4)5/h5-7H,1-4H3;;;/q+1;3*-1. The third-order valence-corrected chi connectivity index (χ3v) is 2.55. The van der Waals surface area contributed by atoms with Crippen LogP contribution in [0.15, 0.2) is 18.2 Å². The molecule has 0 spiro atoms. The van der Waals surface area contributed by atoms with Gasteiger partial charge in [0.1, 0.15) is 11.0 Å². The fourth-order valence-corrected chi connectivity index (χ4v) is 1.75. The van der Waals surface area contributed by atoms with Gasteiger partial charge in [0.15, 0.2) is 0 Å². The van der Waals surface area contributed by atoms with Crippen LogP contribution in [0.3, 0.4) is 0 Å². The number of hydrogen-bond acceptors (Lipinski definition) is 3. The third-order valence-electron chi connectivity index (χ3n) is 2.31. The van der Waals surface area contributed by atoms with Gasteiger partial charge in [-0.2, -0.15) is 0 Å². The first kappa shape index (κ1) is 32.7. The van der Waals surface area contributed by atoms with Gasteiger partial charge in [-0.1, -0.05) is 16.4 Å². The van der Waals surface area contributed by atoms with Crippen LogP contribution in [0.25, 0.3) is 11.0 Å². The number of fused-ring (bicyclic) bond motifs is 1. The zero-order chi connectivity index (χ0) is 26.8. The van der Waals surface area contributed by atoms with Gasteiger partial charge in [-0.05, 0) is 23.4 Å². The molecule has 6 nitrogen and oxygen atoms in total. The van der Waals surface area contributed by atoms with Crippen LogP contribution in [0.2, 0.25) is 5.02 Å². The molecule has 0 N–H and O–H groups in total. The van der Waals surface area contributed by atoms with Gasteiger partial charge in [0.2, 0.25) is 0 Å². The summed E-state index contributed by atoms with van der Waals surface area (Å²) in [5.74, 6) is 0. The molecular weight excluding hydrogens is 514 g/mol. The minimum Gasteiger partial charge on any atom is -0.418 e. The number of amidine groups is 1. The Morgan fingerprint density at radius 1 is 0.879 bits per heavy atom. The number of aromatic nitrogens is 3. The molecule has 0 saturated heterocycles. The molecule has 0 fully saturated rings. The highest BCUT2D eigenvalue weighted by Gasteiger charge is 2.21.